The first kappa shape index (κ1) is 19.3. The van der Waals surface area contributed by atoms with Gasteiger partial charge in [0.05, 0.1) is 5.56 Å². The van der Waals surface area contributed by atoms with Crippen LogP contribution in [0, 0.1) is 0 Å². The number of hydrogen-bond donors (Lipinski definition) is 2. The Kier molecular flexibility index (Phi) is 6.18. The molecule has 0 aromatic heterocycles. The van der Waals surface area contributed by atoms with Gasteiger partial charge in [0.2, 0.25) is 0 Å². The van der Waals surface area contributed by atoms with E-state index in [0.29, 0.717) is 16.9 Å². The average Bonchev–Trinajstić information content (AvgIpc) is 2.56. The van der Waals surface area contributed by atoms with Gasteiger partial charge in [-0.3, -0.25) is 14.9 Å². The lowest BCUT2D eigenvalue weighted by atomic mass is 10.2. The molecule has 2 aromatic carbocycles. The minimum absolute atomic E-state index is 0.0816. The van der Waals surface area contributed by atoms with Gasteiger partial charge in [-0.05, 0) is 42.5 Å². The number of rotatable bonds is 4. The van der Waals surface area contributed by atoms with Crippen LogP contribution in [0.2, 0.25) is 5.02 Å². The molecular weight excluding hydrogens is 375 g/mol. The molecule has 0 fully saturated rings. The van der Waals surface area contributed by atoms with Gasteiger partial charge in [-0.15, -0.1) is 0 Å². The highest BCUT2D eigenvalue weighted by atomic mass is 35.5. The van der Waals surface area contributed by atoms with E-state index in [9.17, 15) is 22.8 Å². The summed E-state index contributed by atoms with van der Waals surface area (Å²) in [5, 5.41) is 8.13. The van der Waals surface area contributed by atoms with Gasteiger partial charge in [0, 0.05) is 16.4 Å². The zero-order valence-electron chi connectivity index (χ0n) is 12.9. The van der Waals surface area contributed by atoms with Gasteiger partial charge >= 0.3 is 12.3 Å². The number of benzene rings is 2. The van der Waals surface area contributed by atoms with Crippen LogP contribution in [0.4, 0.5) is 29.3 Å². The predicted molar refractivity (Wildman–Crippen MR) is 90.1 cm³/mol. The van der Waals surface area contributed by atoms with Crippen LogP contribution in [0.1, 0.15) is 5.56 Å². The summed E-state index contributed by atoms with van der Waals surface area (Å²) in [5.74, 6) is -0.872. The van der Waals surface area contributed by atoms with Crippen LogP contribution in [-0.4, -0.2) is 18.2 Å². The van der Waals surface area contributed by atoms with Gasteiger partial charge in [-0.1, -0.05) is 22.8 Å². The van der Waals surface area contributed by atoms with Crippen LogP contribution in [0.25, 0.3) is 0 Å². The number of halogens is 4. The molecule has 0 radical (unpaired) electrons. The lowest BCUT2D eigenvalue weighted by molar-refractivity contribution is -0.137. The van der Waals surface area contributed by atoms with Gasteiger partial charge in [-0.25, -0.2) is 4.79 Å². The van der Waals surface area contributed by atoms with Gasteiger partial charge < -0.3 is 5.32 Å². The first-order valence-corrected chi connectivity index (χ1v) is 7.37. The Balaban J connectivity index is 1.85. The minimum atomic E-state index is -4.53. The highest BCUT2D eigenvalue weighted by Crippen LogP contribution is 2.30. The second-order valence-corrected chi connectivity index (χ2v) is 5.25. The van der Waals surface area contributed by atoms with Gasteiger partial charge in [0.25, 0.3) is 5.91 Å². The molecule has 26 heavy (non-hydrogen) atoms. The van der Waals surface area contributed by atoms with Crippen molar-refractivity contribution in [3.05, 3.63) is 59.1 Å². The fraction of sp³-hybridized carbons (Fsp3) is 0.0625. The molecular formula is C16H11ClF3N3O3. The molecule has 0 heterocycles. The molecule has 2 rings (SSSR count). The van der Waals surface area contributed by atoms with E-state index in [1.165, 1.54) is 18.2 Å². The molecule has 0 saturated heterocycles. The van der Waals surface area contributed by atoms with Crippen molar-refractivity contribution in [1.29, 1.82) is 0 Å². The van der Waals surface area contributed by atoms with Crippen LogP contribution in [0.15, 0.2) is 53.7 Å². The third-order valence-electron chi connectivity index (χ3n) is 2.85. The SMILES string of the molecule is O=C(/C=N\OC(=O)Nc1ccc(Cl)cc1)Nc1cccc(C(F)(F)F)c1. The molecule has 0 spiro atoms. The van der Waals surface area contributed by atoms with Crippen LogP contribution in [0.5, 0.6) is 0 Å². The van der Waals surface area contributed by atoms with Crippen LogP contribution in [0.3, 0.4) is 0 Å². The number of anilines is 2. The number of carbonyl (C=O) groups is 2. The number of carbonyl (C=O) groups excluding carboxylic acids is 2. The smallest absolute Gasteiger partial charge is 0.321 e. The molecule has 2 N–H and O–H groups in total. The second kappa shape index (κ2) is 8.34. The Morgan fingerprint density at radius 2 is 1.73 bits per heavy atom. The molecule has 0 aliphatic carbocycles. The fourth-order valence-electron chi connectivity index (χ4n) is 1.74. The number of nitrogens with one attached hydrogen (secondary N) is 2. The molecule has 2 aromatic rings. The largest absolute Gasteiger partial charge is 0.437 e. The highest BCUT2D eigenvalue weighted by Gasteiger charge is 2.30. The minimum Gasteiger partial charge on any atom is -0.321 e. The summed E-state index contributed by atoms with van der Waals surface area (Å²) < 4.78 is 37.8. The number of amides is 2. The van der Waals surface area contributed by atoms with E-state index in [1.807, 2.05) is 0 Å². The third kappa shape index (κ3) is 6.10. The maximum absolute atomic E-state index is 12.6. The molecule has 136 valence electrons. The zero-order chi connectivity index (χ0) is 19.2. The van der Waals surface area contributed by atoms with Crippen molar-refractivity contribution in [3.8, 4) is 0 Å². The van der Waals surface area contributed by atoms with Crippen molar-refractivity contribution in [3.63, 3.8) is 0 Å². The van der Waals surface area contributed by atoms with E-state index < -0.39 is 23.7 Å². The standard InChI is InChI=1S/C16H11ClF3N3O3/c17-11-4-6-12(7-5-11)23-15(25)26-21-9-14(24)22-13-3-1-2-10(8-13)16(18,19)20/h1-9H,(H,22,24)(H,23,25)/b21-9-. The second-order valence-electron chi connectivity index (χ2n) is 4.81. The van der Waals surface area contributed by atoms with E-state index in [-0.39, 0.29) is 5.69 Å². The first-order valence-electron chi connectivity index (χ1n) is 6.99. The summed E-state index contributed by atoms with van der Waals surface area (Å²) in [6.07, 6.45) is -4.88. The van der Waals surface area contributed by atoms with Crippen molar-refractivity contribution in [1.82, 2.24) is 0 Å². The third-order valence-corrected chi connectivity index (χ3v) is 3.11. The van der Waals surface area contributed by atoms with E-state index in [0.717, 1.165) is 18.2 Å². The number of hydrogen-bond acceptors (Lipinski definition) is 4. The van der Waals surface area contributed by atoms with Gasteiger partial charge in [0.1, 0.15) is 6.21 Å². The summed E-state index contributed by atoms with van der Waals surface area (Å²) in [4.78, 5) is 27.4. The van der Waals surface area contributed by atoms with E-state index in [1.54, 1.807) is 12.1 Å². The van der Waals surface area contributed by atoms with Crippen LogP contribution < -0.4 is 10.6 Å². The molecule has 2 amide bonds. The quantitative estimate of drug-likeness (QED) is 0.461. The summed E-state index contributed by atoms with van der Waals surface area (Å²) in [7, 11) is 0. The number of oxime groups is 1. The fourth-order valence-corrected chi connectivity index (χ4v) is 1.87. The molecule has 0 saturated carbocycles. The van der Waals surface area contributed by atoms with E-state index in [4.69, 9.17) is 11.6 Å². The van der Waals surface area contributed by atoms with Crippen molar-refractivity contribution in [2.45, 2.75) is 6.18 Å². The van der Waals surface area contributed by atoms with Crippen LogP contribution in [-0.2, 0) is 15.8 Å². The van der Waals surface area contributed by atoms with Crippen LogP contribution >= 0.6 is 11.6 Å². The molecule has 0 bridgehead atoms. The first-order chi connectivity index (χ1) is 12.2. The lowest BCUT2D eigenvalue weighted by Crippen LogP contribution is -2.15. The molecule has 0 aliphatic heterocycles. The van der Waals surface area contributed by atoms with Gasteiger partial charge in [0.15, 0.2) is 0 Å². The lowest BCUT2D eigenvalue weighted by Gasteiger charge is -2.08. The molecule has 6 nitrogen and oxygen atoms in total. The van der Waals surface area contributed by atoms with E-state index in [2.05, 4.69) is 20.6 Å². The summed E-state index contributed by atoms with van der Waals surface area (Å²) in [6, 6.07) is 10.2. The summed E-state index contributed by atoms with van der Waals surface area (Å²) in [6.45, 7) is 0. The Labute approximate surface area is 150 Å². The van der Waals surface area contributed by atoms with Crippen molar-refractivity contribution >= 4 is 41.2 Å². The maximum atomic E-state index is 12.6. The Morgan fingerprint density at radius 1 is 1.04 bits per heavy atom. The number of alkyl halides is 3. The topological polar surface area (TPSA) is 79.8 Å². The zero-order valence-corrected chi connectivity index (χ0v) is 13.6. The Hall–Kier alpha value is -3.07. The monoisotopic (exact) mass is 385 g/mol. The maximum Gasteiger partial charge on any atom is 0.437 e. The van der Waals surface area contributed by atoms with Crippen molar-refractivity contribution < 1.29 is 27.6 Å². The number of nitrogens with zero attached hydrogens (tertiary/aromatic N) is 1. The van der Waals surface area contributed by atoms with Crippen molar-refractivity contribution in [2.75, 3.05) is 10.6 Å². The normalized spacial score (nSPS) is 11.2. The molecule has 10 heteroatoms. The van der Waals surface area contributed by atoms with Crippen molar-refractivity contribution in [2.24, 2.45) is 5.16 Å². The predicted octanol–water partition coefficient (Wildman–Crippen LogP) is 4.53. The Bertz CT molecular complexity index is 823. The molecule has 0 aliphatic rings. The molecule has 0 atom stereocenters. The highest BCUT2D eigenvalue weighted by molar-refractivity contribution is 6.31. The Morgan fingerprint density at radius 3 is 2.38 bits per heavy atom. The summed E-state index contributed by atoms with van der Waals surface area (Å²) in [5.41, 5.74) is -0.601. The van der Waals surface area contributed by atoms with Gasteiger partial charge in [-0.2, -0.15) is 13.2 Å². The van der Waals surface area contributed by atoms with E-state index >= 15 is 0 Å². The molecule has 0 unspecified atom stereocenters. The average molecular weight is 386 g/mol. The summed E-state index contributed by atoms with van der Waals surface area (Å²) >= 11 is 5.69.